The summed E-state index contributed by atoms with van der Waals surface area (Å²) in [7, 11) is 3.71. The van der Waals surface area contributed by atoms with E-state index in [4.69, 9.17) is 4.42 Å². The minimum absolute atomic E-state index is 0.176. The minimum atomic E-state index is -0.336. The third kappa shape index (κ3) is 2.70. The molecule has 0 aliphatic rings. The van der Waals surface area contributed by atoms with Crippen molar-refractivity contribution in [3.8, 4) is 0 Å². The van der Waals surface area contributed by atoms with E-state index in [1.165, 1.54) is 4.68 Å². The first-order chi connectivity index (χ1) is 14.4. The van der Waals surface area contributed by atoms with Gasteiger partial charge in [-0.05, 0) is 19.1 Å². The van der Waals surface area contributed by atoms with Crippen molar-refractivity contribution in [2.45, 2.75) is 20.0 Å². The number of imidazole rings is 1. The molecule has 1 aromatic carbocycles. The first kappa shape index (κ1) is 18.2. The molecule has 0 aliphatic heterocycles. The number of benzene rings is 1. The van der Waals surface area contributed by atoms with Crippen LogP contribution in [0.15, 0.2) is 45.7 Å². The Morgan fingerprint density at radius 1 is 1.17 bits per heavy atom. The number of nitrogens with one attached hydrogen (secondary N) is 1. The average molecular weight is 404 g/mol. The van der Waals surface area contributed by atoms with Crippen molar-refractivity contribution >= 4 is 38.9 Å². The van der Waals surface area contributed by atoms with Crippen LogP contribution in [0.1, 0.15) is 11.6 Å². The van der Waals surface area contributed by atoms with Crippen molar-refractivity contribution in [2.75, 3.05) is 0 Å². The first-order valence-corrected chi connectivity index (χ1v) is 9.55. The molecule has 30 heavy (non-hydrogen) atoms. The summed E-state index contributed by atoms with van der Waals surface area (Å²) in [4.78, 5) is 29.9. The number of amides is 1. The van der Waals surface area contributed by atoms with Gasteiger partial charge >= 0.3 is 0 Å². The Bertz CT molecular complexity index is 1500. The fraction of sp³-hybridized carbons (Fsp3) is 0.238. The molecule has 152 valence electrons. The molecule has 1 N–H and O–H groups in total. The molecule has 0 saturated carbocycles. The molecule has 0 aliphatic carbocycles. The Hall–Kier alpha value is -3.88. The van der Waals surface area contributed by atoms with Gasteiger partial charge in [0, 0.05) is 20.2 Å². The van der Waals surface area contributed by atoms with Gasteiger partial charge in [0.25, 0.3) is 5.56 Å². The number of aryl methyl sites for hydroxylation is 3. The molecule has 0 bridgehead atoms. The smallest absolute Gasteiger partial charge is 0.291 e. The van der Waals surface area contributed by atoms with Crippen LogP contribution in [0.3, 0.4) is 0 Å². The molecule has 0 atom stereocenters. The van der Waals surface area contributed by atoms with Gasteiger partial charge in [-0.3, -0.25) is 9.59 Å². The maximum absolute atomic E-state index is 12.9. The van der Waals surface area contributed by atoms with Gasteiger partial charge in [0.15, 0.2) is 5.58 Å². The Balaban J connectivity index is 1.39. The van der Waals surface area contributed by atoms with Crippen molar-refractivity contribution in [3.05, 3.63) is 58.5 Å². The highest BCUT2D eigenvalue weighted by molar-refractivity contribution is 6.04. The molecule has 5 aromatic rings. The largest absolute Gasteiger partial charge is 0.459 e. The number of aromatic nitrogens is 5. The van der Waals surface area contributed by atoms with Crippen LogP contribution in [0.4, 0.5) is 0 Å². The lowest BCUT2D eigenvalue weighted by Gasteiger charge is -2.07. The highest BCUT2D eigenvalue weighted by Crippen LogP contribution is 2.28. The Morgan fingerprint density at radius 3 is 2.77 bits per heavy atom. The van der Waals surface area contributed by atoms with Crippen molar-refractivity contribution in [2.24, 2.45) is 14.1 Å². The summed E-state index contributed by atoms with van der Waals surface area (Å²) >= 11 is 0. The molecular formula is C21H20N6O3. The summed E-state index contributed by atoms with van der Waals surface area (Å²) in [6.45, 7) is 1.94. The zero-order valence-electron chi connectivity index (χ0n) is 16.8. The van der Waals surface area contributed by atoms with Crippen LogP contribution in [0, 0.1) is 6.92 Å². The molecule has 9 nitrogen and oxygen atoms in total. The van der Waals surface area contributed by atoms with Crippen molar-refractivity contribution < 1.29 is 9.21 Å². The number of nitrogens with zero attached hydrogens (tertiary/aromatic N) is 5. The maximum Gasteiger partial charge on any atom is 0.291 e. The predicted molar refractivity (Wildman–Crippen MR) is 112 cm³/mol. The normalized spacial score (nSPS) is 11.7. The number of rotatable bonds is 4. The van der Waals surface area contributed by atoms with Crippen LogP contribution >= 0.6 is 0 Å². The second-order valence-corrected chi connectivity index (χ2v) is 7.35. The van der Waals surface area contributed by atoms with Gasteiger partial charge in [-0.1, -0.05) is 12.1 Å². The summed E-state index contributed by atoms with van der Waals surface area (Å²) in [6.07, 6.45) is 1.57. The van der Waals surface area contributed by atoms with Gasteiger partial charge in [0.1, 0.15) is 23.6 Å². The van der Waals surface area contributed by atoms with E-state index < -0.39 is 0 Å². The third-order valence-electron chi connectivity index (χ3n) is 5.41. The highest BCUT2D eigenvalue weighted by Gasteiger charge is 2.18. The summed E-state index contributed by atoms with van der Waals surface area (Å²) in [6, 6.07) is 9.65. The SMILES string of the molecule is Cc1cc2c(o1)c1cnn(CC(=O)NCc3nc4ccccc4n3C)c(=O)c1n2C. The lowest BCUT2D eigenvalue weighted by Crippen LogP contribution is -2.34. The minimum Gasteiger partial charge on any atom is -0.459 e. The quantitative estimate of drug-likeness (QED) is 0.494. The van der Waals surface area contributed by atoms with Crippen LogP contribution < -0.4 is 10.9 Å². The molecular weight excluding hydrogens is 384 g/mol. The molecule has 4 aromatic heterocycles. The number of furan rings is 1. The van der Waals surface area contributed by atoms with Gasteiger partial charge in [-0.25, -0.2) is 9.67 Å². The Kier molecular flexibility index (Phi) is 3.99. The number of para-hydroxylation sites is 2. The summed E-state index contributed by atoms with van der Waals surface area (Å²) in [5, 5.41) is 7.64. The number of carbonyl (C=O) groups excluding carboxylic acids is 1. The van der Waals surface area contributed by atoms with Crippen LogP contribution in [0.2, 0.25) is 0 Å². The van der Waals surface area contributed by atoms with E-state index in [2.05, 4.69) is 15.4 Å². The standard InChI is InChI=1S/C21H20N6O3/c1-12-8-16-20(30-12)13-9-23-27(21(29)19(13)26(16)3)11-18(28)22-10-17-24-14-6-4-5-7-15(14)25(17)2/h4-9H,10-11H2,1-3H3,(H,22,28). The molecule has 0 spiro atoms. The van der Waals surface area contributed by atoms with E-state index in [-0.39, 0.29) is 24.6 Å². The Labute approximate surface area is 170 Å². The fourth-order valence-electron chi connectivity index (χ4n) is 3.87. The van der Waals surface area contributed by atoms with Crippen molar-refractivity contribution in [1.29, 1.82) is 0 Å². The molecule has 0 radical (unpaired) electrons. The van der Waals surface area contributed by atoms with E-state index in [1.807, 2.05) is 48.9 Å². The molecule has 0 unspecified atom stereocenters. The van der Waals surface area contributed by atoms with E-state index in [9.17, 15) is 9.59 Å². The van der Waals surface area contributed by atoms with Crippen LogP contribution in [0.25, 0.3) is 33.0 Å². The highest BCUT2D eigenvalue weighted by atomic mass is 16.3. The molecule has 1 amide bonds. The maximum atomic E-state index is 12.9. The van der Waals surface area contributed by atoms with Crippen LogP contribution in [-0.4, -0.2) is 29.8 Å². The first-order valence-electron chi connectivity index (χ1n) is 9.55. The van der Waals surface area contributed by atoms with Gasteiger partial charge in [-0.15, -0.1) is 0 Å². The second-order valence-electron chi connectivity index (χ2n) is 7.35. The van der Waals surface area contributed by atoms with E-state index in [0.29, 0.717) is 16.5 Å². The second kappa shape index (κ2) is 6.58. The number of hydrogen-bond donors (Lipinski definition) is 1. The molecule has 9 heteroatoms. The summed E-state index contributed by atoms with van der Waals surface area (Å²) in [5.74, 6) is 1.19. The van der Waals surface area contributed by atoms with Crippen LogP contribution in [0.5, 0.6) is 0 Å². The van der Waals surface area contributed by atoms with E-state index >= 15 is 0 Å². The third-order valence-corrected chi connectivity index (χ3v) is 5.41. The lowest BCUT2D eigenvalue weighted by molar-refractivity contribution is -0.122. The topological polar surface area (TPSA) is 99.9 Å². The lowest BCUT2D eigenvalue weighted by atomic mass is 10.3. The summed E-state index contributed by atoms with van der Waals surface area (Å²) in [5.41, 5.74) is 3.45. The Morgan fingerprint density at radius 2 is 1.97 bits per heavy atom. The van der Waals surface area contributed by atoms with Gasteiger partial charge in [-0.2, -0.15) is 5.10 Å². The average Bonchev–Trinajstić information content (AvgIpc) is 3.35. The number of fused-ring (bicyclic) bond motifs is 4. The van der Waals surface area contributed by atoms with Gasteiger partial charge < -0.3 is 18.9 Å². The monoisotopic (exact) mass is 404 g/mol. The molecule has 4 heterocycles. The van der Waals surface area contributed by atoms with Crippen molar-refractivity contribution in [3.63, 3.8) is 0 Å². The summed E-state index contributed by atoms with van der Waals surface area (Å²) < 4.78 is 10.6. The fourth-order valence-corrected chi connectivity index (χ4v) is 3.87. The van der Waals surface area contributed by atoms with E-state index in [0.717, 1.165) is 28.1 Å². The molecule has 5 rings (SSSR count). The van der Waals surface area contributed by atoms with Gasteiger partial charge in [0.05, 0.1) is 34.7 Å². The van der Waals surface area contributed by atoms with Crippen molar-refractivity contribution in [1.82, 2.24) is 29.2 Å². The molecule has 0 fully saturated rings. The van der Waals surface area contributed by atoms with E-state index in [1.54, 1.807) is 17.8 Å². The van der Waals surface area contributed by atoms with Gasteiger partial charge in [0.2, 0.25) is 5.91 Å². The number of hydrogen-bond acceptors (Lipinski definition) is 5. The predicted octanol–water partition coefficient (Wildman–Crippen LogP) is 1.99. The molecule has 0 saturated heterocycles. The zero-order chi connectivity index (χ0) is 21.0. The number of carbonyl (C=O) groups is 1. The zero-order valence-corrected chi connectivity index (χ0v) is 16.8. The van der Waals surface area contributed by atoms with Crippen LogP contribution in [-0.2, 0) is 32.0 Å².